The highest BCUT2D eigenvalue weighted by Crippen LogP contribution is 2.26. The summed E-state index contributed by atoms with van der Waals surface area (Å²) in [6.07, 6.45) is 7.13. The molecule has 0 bridgehead atoms. The summed E-state index contributed by atoms with van der Waals surface area (Å²) >= 11 is 0. The van der Waals surface area contributed by atoms with Gasteiger partial charge in [0.2, 0.25) is 0 Å². The molecule has 0 saturated heterocycles. The molecule has 0 atom stereocenters. The van der Waals surface area contributed by atoms with Crippen LogP contribution >= 0.6 is 0 Å². The van der Waals surface area contributed by atoms with Gasteiger partial charge in [-0.25, -0.2) is 4.79 Å². The van der Waals surface area contributed by atoms with Crippen molar-refractivity contribution in [3.63, 3.8) is 0 Å². The lowest BCUT2D eigenvalue weighted by molar-refractivity contribution is 0.0688. The van der Waals surface area contributed by atoms with E-state index in [1.807, 2.05) is 19.1 Å². The molecule has 0 aromatic heterocycles. The Morgan fingerprint density at radius 3 is 2.50 bits per heavy atom. The minimum atomic E-state index is -0.918. The van der Waals surface area contributed by atoms with Gasteiger partial charge in [0.25, 0.3) is 0 Å². The number of aromatic carboxylic acids is 1. The Hall–Kier alpha value is -1.51. The standard InChI is InChI=1S/C15H20O3/c1-11-8-9-13(15(16)17)14(10-11)18-12-6-4-2-3-5-7-12/h8-10,12H,2-7H2,1H3,(H,16,17). The van der Waals surface area contributed by atoms with Crippen molar-refractivity contribution >= 4 is 5.97 Å². The van der Waals surface area contributed by atoms with Crippen molar-refractivity contribution in [3.8, 4) is 5.75 Å². The van der Waals surface area contributed by atoms with Gasteiger partial charge in [-0.1, -0.05) is 18.9 Å². The quantitative estimate of drug-likeness (QED) is 0.828. The molecule has 1 aliphatic carbocycles. The molecule has 0 spiro atoms. The number of aryl methyl sites for hydroxylation is 1. The first-order valence-corrected chi connectivity index (χ1v) is 6.67. The van der Waals surface area contributed by atoms with E-state index in [1.54, 1.807) is 6.07 Å². The number of carboxylic acids is 1. The fraction of sp³-hybridized carbons (Fsp3) is 0.533. The van der Waals surface area contributed by atoms with Gasteiger partial charge >= 0.3 is 5.97 Å². The summed E-state index contributed by atoms with van der Waals surface area (Å²) in [6.45, 7) is 1.95. The lowest BCUT2D eigenvalue weighted by Gasteiger charge is -2.18. The first-order chi connectivity index (χ1) is 8.66. The summed E-state index contributed by atoms with van der Waals surface area (Å²) in [4.78, 5) is 11.2. The zero-order valence-electron chi connectivity index (χ0n) is 10.8. The highest BCUT2D eigenvalue weighted by Gasteiger charge is 2.18. The SMILES string of the molecule is Cc1ccc(C(=O)O)c(OC2CCCCCC2)c1. The van der Waals surface area contributed by atoms with Crippen molar-refractivity contribution in [2.45, 2.75) is 51.6 Å². The number of carbonyl (C=O) groups is 1. The molecule has 0 radical (unpaired) electrons. The predicted molar refractivity (Wildman–Crippen MR) is 70.3 cm³/mol. The summed E-state index contributed by atoms with van der Waals surface area (Å²) in [5, 5.41) is 9.16. The molecular formula is C15H20O3. The Labute approximate surface area is 108 Å². The highest BCUT2D eigenvalue weighted by molar-refractivity contribution is 5.90. The minimum absolute atomic E-state index is 0.174. The number of rotatable bonds is 3. The number of hydrogen-bond donors (Lipinski definition) is 1. The van der Waals surface area contributed by atoms with Crippen LogP contribution in [0.5, 0.6) is 5.75 Å². The van der Waals surface area contributed by atoms with E-state index in [4.69, 9.17) is 9.84 Å². The van der Waals surface area contributed by atoms with Crippen LogP contribution in [-0.2, 0) is 0 Å². The number of ether oxygens (including phenoxy) is 1. The molecule has 2 rings (SSSR count). The molecule has 1 N–H and O–H groups in total. The third-order valence-corrected chi connectivity index (χ3v) is 3.46. The summed E-state index contributed by atoms with van der Waals surface area (Å²) in [5.74, 6) is -0.395. The molecule has 18 heavy (non-hydrogen) atoms. The third-order valence-electron chi connectivity index (χ3n) is 3.46. The van der Waals surface area contributed by atoms with Gasteiger partial charge < -0.3 is 9.84 Å². The van der Waals surface area contributed by atoms with Crippen molar-refractivity contribution in [1.29, 1.82) is 0 Å². The maximum absolute atomic E-state index is 11.2. The molecular weight excluding hydrogens is 228 g/mol. The van der Waals surface area contributed by atoms with Crippen LogP contribution in [-0.4, -0.2) is 17.2 Å². The second kappa shape index (κ2) is 5.89. The topological polar surface area (TPSA) is 46.5 Å². The maximum Gasteiger partial charge on any atom is 0.339 e. The average Bonchev–Trinajstić information content (AvgIpc) is 2.57. The Bertz CT molecular complexity index is 418. The van der Waals surface area contributed by atoms with Crippen LogP contribution in [0, 0.1) is 6.92 Å². The van der Waals surface area contributed by atoms with Crippen LogP contribution in [0.4, 0.5) is 0 Å². The van der Waals surface area contributed by atoms with Gasteiger partial charge in [0.15, 0.2) is 0 Å². The summed E-state index contributed by atoms with van der Waals surface area (Å²) in [6, 6.07) is 5.27. The first-order valence-electron chi connectivity index (χ1n) is 6.67. The predicted octanol–water partition coefficient (Wildman–Crippen LogP) is 3.79. The molecule has 1 aromatic carbocycles. The molecule has 1 aromatic rings. The van der Waals surface area contributed by atoms with E-state index in [9.17, 15) is 4.79 Å². The largest absolute Gasteiger partial charge is 0.490 e. The lowest BCUT2D eigenvalue weighted by Crippen LogP contribution is -2.17. The van der Waals surface area contributed by atoms with Gasteiger partial charge in [0, 0.05) is 0 Å². The maximum atomic E-state index is 11.2. The van der Waals surface area contributed by atoms with Crippen LogP contribution in [0.15, 0.2) is 18.2 Å². The monoisotopic (exact) mass is 248 g/mol. The van der Waals surface area contributed by atoms with E-state index in [-0.39, 0.29) is 11.7 Å². The fourth-order valence-electron chi connectivity index (χ4n) is 2.44. The lowest BCUT2D eigenvalue weighted by atomic mass is 10.1. The Kier molecular flexibility index (Phi) is 4.24. The van der Waals surface area contributed by atoms with Crippen LogP contribution in [0.2, 0.25) is 0 Å². The van der Waals surface area contributed by atoms with Crippen molar-refractivity contribution in [2.24, 2.45) is 0 Å². The molecule has 0 heterocycles. The molecule has 0 amide bonds. The van der Waals surface area contributed by atoms with Gasteiger partial charge in [-0.2, -0.15) is 0 Å². The van der Waals surface area contributed by atoms with Crippen LogP contribution < -0.4 is 4.74 Å². The Morgan fingerprint density at radius 1 is 1.22 bits per heavy atom. The van der Waals surface area contributed by atoms with Crippen molar-refractivity contribution in [3.05, 3.63) is 29.3 Å². The van der Waals surface area contributed by atoms with E-state index in [2.05, 4.69) is 0 Å². The van der Waals surface area contributed by atoms with Gasteiger partial charge in [0.1, 0.15) is 11.3 Å². The van der Waals surface area contributed by atoms with Gasteiger partial charge in [-0.15, -0.1) is 0 Å². The van der Waals surface area contributed by atoms with Crippen molar-refractivity contribution in [2.75, 3.05) is 0 Å². The van der Waals surface area contributed by atoms with E-state index in [1.165, 1.54) is 25.7 Å². The second-order valence-corrected chi connectivity index (χ2v) is 5.04. The van der Waals surface area contributed by atoms with Crippen LogP contribution in [0.3, 0.4) is 0 Å². The number of carboxylic acid groups (broad SMARTS) is 1. The normalized spacial score (nSPS) is 17.2. The summed E-state index contributed by atoms with van der Waals surface area (Å²) < 4.78 is 5.93. The molecule has 3 nitrogen and oxygen atoms in total. The van der Waals surface area contributed by atoms with E-state index < -0.39 is 5.97 Å². The van der Waals surface area contributed by atoms with E-state index in [0.717, 1.165) is 18.4 Å². The summed E-state index contributed by atoms with van der Waals surface area (Å²) in [5.41, 5.74) is 1.30. The molecule has 0 unspecified atom stereocenters. The van der Waals surface area contributed by atoms with Gasteiger partial charge in [0.05, 0.1) is 6.10 Å². The molecule has 98 valence electrons. The third kappa shape index (κ3) is 3.25. The molecule has 1 saturated carbocycles. The van der Waals surface area contributed by atoms with Crippen molar-refractivity contribution in [1.82, 2.24) is 0 Å². The second-order valence-electron chi connectivity index (χ2n) is 5.04. The zero-order valence-corrected chi connectivity index (χ0v) is 10.8. The van der Waals surface area contributed by atoms with Gasteiger partial charge in [-0.3, -0.25) is 0 Å². The van der Waals surface area contributed by atoms with Gasteiger partial charge in [-0.05, 0) is 50.3 Å². The minimum Gasteiger partial charge on any atom is -0.490 e. The zero-order chi connectivity index (χ0) is 13.0. The smallest absolute Gasteiger partial charge is 0.339 e. The first kappa shape index (κ1) is 12.9. The average molecular weight is 248 g/mol. The Balaban J connectivity index is 2.15. The number of hydrogen-bond acceptors (Lipinski definition) is 2. The number of benzene rings is 1. The highest BCUT2D eigenvalue weighted by atomic mass is 16.5. The Morgan fingerprint density at radius 2 is 1.89 bits per heavy atom. The van der Waals surface area contributed by atoms with E-state index in [0.29, 0.717) is 5.75 Å². The van der Waals surface area contributed by atoms with E-state index >= 15 is 0 Å². The van der Waals surface area contributed by atoms with Crippen LogP contribution in [0.1, 0.15) is 54.4 Å². The molecule has 3 heteroatoms. The molecule has 0 aliphatic heterocycles. The van der Waals surface area contributed by atoms with Crippen LogP contribution in [0.25, 0.3) is 0 Å². The summed E-state index contributed by atoms with van der Waals surface area (Å²) in [7, 11) is 0. The molecule has 1 fully saturated rings. The van der Waals surface area contributed by atoms with Crippen molar-refractivity contribution < 1.29 is 14.6 Å². The fourth-order valence-corrected chi connectivity index (χ4v) is 2.44. The molecule has 1 aliphatic rings.